The van der Waals surface area contributed by atoms with Crippen LogP contribution in [0.2, 0.25) is 0 Å². The molecule has 0 radical (unpaired) electrons. The van der Waals surface area contributed by atoms with Crippen molar-refractivity contribution in [1.82, 2.24) is 0 Å². The van der Waals surface area contributed by atoms with Gasteiger partial charge in [0.2, 0.25) is 0 Å². The molecule has 0 aromatic heterocycles. The summed E-state index contributed by atoms with van der Waals surface area (Å²) in [6.07, 6.45) is 3.56. The van der Waals surface area contributed by atoms with Gasteiger partial charge in [0.15, 0.2) is 0 Å². The van der Waals surface area contributed by atoms with Crippen LogP contribution in [0.1, 0.15) is 32.6 Å². The van der Waals surface area contributed by atoms with Gasteiger partial charge in [-0.05, 0) is 56.9 Å². The van der Waals surface area contributed by atoms with Crippen LogP contribution in [0.3, 0.4) is 0 Å². The summed E-state index contributed by atoms with van der Waals surface area (Å²) in [5.74, 6) is -0.208. The molecule has 0 spiro atoms. The lowest BCUT2D eigenvalue weighted by atomic mass is 9.78. The summed E-state index contributed by atoms with van der Waals surface area (Å²) in [5, 5.41) is 9.45. The molecule has 0 amide bonds. The third-order valence-corrected chi connectivity index (χ3v) is 4.34. The van der Waals surface area contributed by atoms with Gasteiger partial charge >= 0.3 is 0 Å². The molecule has 1 aliphatic rings. The van der Waals surface area contributed by atoms with Crippen molar-refractivity contribution in [2.75, 3.05) is 31.2 Å². The first-order valence-corrected chi connectivity index (χ1v) is 7.69. The number of halogens is 1. The Morgan fingerprint density at radius 1 is 1.29 bits per heavy atom. The summed E-state index contributed by atoms with van der Waals surface area (Å²) in [4.78, 5) is 2.23. The molecule has 1 aliphatic heterocycles. The lowest BCUT2D eigenvalue weighted by molar-refractivity contribution is 0.0364. The van der Waals surface area contributed by atoms with E-state index in [4.69, 9.17) is 4.74 Å². The summed E-state index contributed by atoms with van der Waals surface area (Å²) in [6, 6.07) is 9.12. The van der Waals surface area contributed by atoms with Gasteiger partial charge in [-0.15, -0.1) is 0 Å². The van der Waals surface area contributed by atoms with Gasteiger partial charge in [0.25, 0.3) is 0 Å². The molecule has 0 saturated carbocycles. The largest absolute Gasteiger partial charge is 0.381 e. The third-order valence-electron chi connectivity index (χ3n) is 4.34. The second-order valence-electron chi connectivity index (χ2n) is 5.66. The Hall–Kier alpha value is -1.60. The monoisotopic (exact) mass is 290 g/mol. The van der Waals surface area contributed by atoms with Crippen LogP contribution >= 0.6 is 0 Å². The molecule has 1 aromatic rings. The fourth-order valence-electron chi connectivity index (χ4n) is 2.91. The molecule has 0 atom stereocenters. The van der Waals surface area contributed by atoms with E-state index in [2.05, 4.69) is 17.9 Å². The Kier molecular flexibility index (Phi) is 5.58. The normalized spacial score (nSPS) is 17.2. The van der Waals surface area contributed by atoms with E-state index >= 15 is 0 Å². The van der Waals surface area contributed by atoms with Crippen molar-refractivity contribution < 1.29 is 9.13 Å². The molecule has 114 valence electrons. The lowest BCUT2D eigenvalue weighted by Crippen LogP contribution is -2.30. The van der Waals surface area contributed by atoms with Crippen LogP contribution in [-0.2, 0) is 4.74 Å². The van der Waals surface area contributed by atoms with E-state index in [9.17, 15) is 9.65 Å². The van der Waals surface area contributed by atoms with Crippen molar-refractivity contribution in [3.8, 4) is 6.07 Å². The molecule has 1 fully saturated rings. The summed E-state index contributed by atoms with van der Waals surface area (Å²) in [7, 11) is 0. The van der Waals surface area contributed by atoms with Gasteiger partial charge in [-0.3, -0.25) is 0 Å². The number of nitrogens with zero attached hydrogens (tertiary/aromatic N) is 2. The van der Waals surface area contributed by atoms with Crippen molar-refractivity contribution in [2.45, 2.75) is 32.6 Å². The van der Waals surface area contributed by atoms with E-state index in [1.54, 1.807) is 0 Å². The van der Waals surface area contributed by atoms with Crippen molar-refractivity contribution >= 4 is 5.69 Å². The molecule has 1 heterocycles. The Morgan fingerprint density at radius 2 is 1.95 bits per heavy atom. The Bertz CT molecular complexity index is 475. The zero-order valence-electron chi connectivity index (χ0n) is 12.6. The lowest BCUT2D eigenvalue weighted by Gasteiger charge is -2.32. The topological polar surface area (TPSA) is 36.3 Å². The van der Waals surface area contributed by atoms with E-state index < -0.39 is 0 Å². The molecule has 3 nitrogen and oxygen atoms in total. The number of anilines is 1. The number of rotatable bonds is 6. The maximum Gasteiger partial charge on any atom is 0.123 e. The molecule has 1 aromatic carbocycles. The first kappa shape index (κ1) is 15.8. The molecule has 0 N–H and O–H groups in total. The maximum atomic E-state index is 13.0. The van der Waals surface area contributed by atoms with Crippen molar-refractivity contribution in [3.05, 3.63) is 30.1 Å². The fraction of sp³-hybridized carbons (Fsp3) is 0.588. The van der Waals surface area contributed by atoms with Crippen LogP contribution in [0.5, 0.6) is 0 Å². The molecule has 0 bridgehead atoms. The average molecular weight is 290 g/mol. The van der Waals surface area contributed by atoms with Gasteiger partial charge < -0.3 is 9.64 Å². The maximum absolute atomic E-state index is 13.0. The van der Waals surface area contributed by atoms with Crippen LogP contribution < -0.4 is 4.90 Å². The highest BCUT2D eigenvalue weighted by molar-refractivity contribution is 5.45. The van der Waals surface area contributed by atoms with E-state index in [-0.39, 0.29) is 11.2 Å². The second-order valence-corrected chi connectivity index (χ2v) is 5.66. The molecule has 2 rings (SSSR count). The number of ether oxygens (including phenoxy) is 1. The smallest absolute Gasteiger partial charge is 0.123 e. The molecular formula is C17H23FN2O. The summed E-state index contributed by atoms with van der Waals surface area (Å²) < 4.78 is 18.3. The first-order valence-electron chi connectivity index (χ1n) is 7.69. The highest BCUT2D eigenvalue weighted by Gasteiger charge is 2.32. The van der Waals surface area contributed by atoms with Gasteiger partial charge in [-0.2, -0.15) is 5.26 Å². The molecule has 4 heteroatoms. The number of hydrogen-bond donors (Lipinski definition) is 0. The predicted octanol–water partition coefficient (Wildman–Crippen LogP) is 3.75. The van der Waals surface area contributed by atoms with Gasteiger partial charge in [0, 0.05) is 32.0 Å². The van der Waals surface area contributed by atoms with Gasteiger partial charge in [0.1, 0.15) is 5.82 Å². The van der Waals surface area contributed by atoms with E-state index in [0.717, 1.165) is 44.5 Å². The molecular weight excluding hydrogens is 267 g/mol. The Labute approximate surface area is 126 Å². The molecule has 0 aliphatic carbocycles. The summed E-state index contributed by atoms with van der Waals surface area (Å²) in [5.41, 5.74) is 0.831. The van der Waals surface area contributed by atoms with E-state index in [1.165, 1.54) is 12.1 Å². The quantitative estimate of drug-likeness (QED) is 0.800. The van der Waals surface area contributed by atoms with Crippen molar-refractivity contribution in [3.63, 3.8) is 0 Å². The number of nitriles is 1. The Balaban J connectivity index is 1.88. The SMILES string of the molecule is CCN(CCCC1(C#N)CCOCC1)c1ccc(F)cc1. The Morgan fingerprint density at radius 3 is 2.52 bits per heavy atom. The van der Waals surface area contributed by atoms with E-state index in [0.29, 0.717) is 13.2 Å². The third kappa shape index (κ3) is 4.18. The van der Waals surface area contributed by atoms with Gasteiger partial charge in [-0.25, -0.2) is 4.39 Å². The fourth-order valence-corrected chi connectivity index (χ4v) is 2.91. The van der Waals surface area contributed by atoms with Crippen LogP contribution in [-0.4, -0.2) is 26.3 Å². The zero-order valence-corrected chi connectivity index (χ0v) is 12.6. The highest BCUT2D eigenvalue weighted by Crippen LogP contribution is 2.34. The van der Waals surface area contributed by atoms with Crippen LogP contribution in [0.25, 0.3) is 0 Å². The minimum atomic E-state index is -0.208. The summed E-state index contributed by atoms with van der Waals surface area (Å²) in [6.45, 7) is 5.27. The van der Waals surface area contributed by atoms with Gasteiger partial charge in [0.05, 0.1) is 11.5 Å². The minimum absolute atomic E-state index is 0.208. The second kappa shape index (κ2) is 7.42. The summed E-state index contributed by atoms with van der Waals surface area (Å²) >= 11 is 0. The van der Waals surface area contributed by atoms with Crippen molar-refractivity contribution in [1.29, 1.82) is 5.26 Å². The zero-order chi connectivity index (χ0) is 15.1. The molecule has 0 unspecified atom stereocenters. The van der Waals surface area contributed by atoms with Crippen LogP contribution in [0.4, 0.5) is 10.1 Å². The predicted molar refractivity (Wildman–Crippen MR) is 81.6 cm³/mol. The standard InChI is InChI=1S/C17H23FN2O/c1-2-20(16-6-4-15(18)5-7-16)11-3-8-17(14-19)9-12-21-13-10-17/h4-7H,2-3,8-13H2,1H3. The highest BCUT2D eigenvalue weighted by atomic mass is 19.1. The molecule has 1 saturated heterocycles. The first-order chi connectivity index (χ1) is 10.2. The van der Waals surface area contributed by atoms with Crippen LogP contribution in [0, 0.1) is 22.6 Å². The van der Waals surface area contributed by atoms with E-state index in [1.807, 2.05) is 12.1 Å². The van der Waals surface area contributed by atoms with Gasteiger partial charge in [-0.1, -0.05) is 0 Å². The van der Waals surface area contributed by atoms with Crippen LogP contribution in [0.15, 0.2) is 24.3 Å². The molecule has 21 heavy (non-hydrogen) atoms. The number of hydrogen-bond acceptors (Lipinski definition) is 3. The number of benzene rings is 1. The average Bonchev–Trinajstić information content (AvgIpc) is 2.54. The van der Waals surface area contributed by atoms with Crippen molar-refractivity contribution in [2.24, 2.45) is 5.41 Å². The minimum Gasteiger partial charge on any atom is -0.381 e.